The van der Waals surface area contributed by atoms with E-state index in [1.165, 1.54) is 0 Å². The third-order valence-corrected chi connectivity index (χ3v) is 1.55. The summed E-state index contributed by atoms with van der Waals surface area (Å²) < 4.78 is 0. The first kappa shape index (κ1) is 7.87. The van der Waals surface area contributed by atoms with Crippen LogP contribution in [0.25, 0.3) is 0 Å². The molecule has 0 aromatic carbocycles. The molecule has 6 heteroatoms. The molecule has 0 saturated carbocycles. The van der Waals surface area contributed by atoms with Gasteiger partial charge in [-0.2, -0.15) is 5.10 Å². The molecular formula is C5H6ClN3O2. The Balaban J connectivity index is 2.87. The minimum absolute atomic E-state index is 0.128. The Labute approximate surface area is 67.2 Å². The number of aliphatic carboxylic acids is 1. The molecule has 0 fully saturated rings. The SMILES string of the molecule is Nc1n[nH]c(CC(=O)O)c1Cl. The predicted octanol–water partition coefficient (Wildman–Crippen LogP) is 0.272. The maximum Gasteiger partial charge on any atom is 0.309 e. The molecule has 1 rings (SSSR count). The second-order valence-corrected chi connectivity index (χ2v) is 2.35. The number of aromatic amines is 1. The Morgan fingerprint density at radius 1 is 1.82 bits per heavy atom. The number of nitrogens with one attached hydrogen (secondary N) is 1. The number of hydrogen-bond donors (Lipinski definition) is 3. The number of carboxylic acid groups (broad SMARTS) is 1. The van der Waals surface area contributed by atoms with Crippen molar-refractivity contribution in [2.75, 3.05) is 5.73 Å². The van der Waals surface area contributed by atoms with Gasteiger partial charge in [0.1, 0.15) is 5.02 Å². The van der Waals surface area contributed by atoms with Gasteiger partial charge in [0.05, 0.1) is 12.1 Å². The standard InChI is InChI=1S/C5H6ClN3O2/c6-4-2(1-3(10)11)8-9-5(4)7/h1H2,(H,10,11)(H3,7,8,9). The van der Waals surface area contributed by atoms with Crippen molar-refractivity contribution in [2.24, 2.45) is 0 Å². The smallest absolute Gasteiger partial charge is 0.309 e. The number of nitrogens with zero attached hydrogens (tertiary/aromatic N) is 1. The second-order valence-electron chi connectivity index (χ2n) is 1.97. The molecule has 0 spiro atoms. The van der Waals surface area contributed by atoms with E-state index in [4.69, 9.17) is 22.4 Å². The number of nitrogens with two attached hydrogens (primary N) is 1. The van der Waals surface area contributed by atoms with E-state index in [1.807, 2.05) is 0 Å². The number of rotatable bonds is 2. The number of nitrogen functional groups attached to an aromatic ring is 1. The molecule has 5 nitrogen and oxygen atoms in total. The Morgan fingerprint density at radius 3 is 2.82 bits per heavy atom. The summed E-state index contributed by atoms with van der Waals surface area (Å²) >= 11 is 5.57. The molecule has 0 atom stereocenters. The first-order chi connectivity index (χ1) is 5.11. The minimum Gasteiger partial charge on any atom is -0.481 e. The van der Waals surface area contributed by atoms with Gasteiger partial charge in [0.15, 0.2) is 5.82 Å². The molecule has 0 bridgehead atoms. The lowest BCUT2D eigenvalue weighted by Crippen LogP contribution is -2.00. The largest absolute Gasteiger partial charge is 0.481 e. The van der Waals surface area contributed by atoms with Crippen molar-refractivity contribution in [1.29, 1.82) is 0 Å². The molecule has 0 saturated heterocycles. The zero-order valence-corrected chi connectivity index (χ0v) is 6.22. The zero-order chi connectivity index (χ0) is 8.43. The van der Waals surface area contributed by atoms with Gasteiger partial charge >= 0.3 is 5.97 Å². The van der Waals surface area contributed by atoms with Crippen LogP contribution in [0, 0.1) is 0 Å². The highest BCUT2D eigenvalue weighted by atomic mass is 35.5. The Bertz CT molecular complexity index is 283. The molecule has 1 aromatic heterocycles. The van der Waals surface area contributed by atoms with E-state index in [1.54, 1.807) is 0 Å². The maximum atomic E-state index is 10.2. The minimum atomic E-state index is -0.976. The van der Waals surface area contributed by atoms with Gasteiger partial charge in [-0.1, -0.05) is 11.6 Å². The molecular weight excluding hydrogens is 170 g/mol. The van der Waals surface area contributed by atoms with Crippen LogP contribution in [0.1, 0.15) is 5.69 Å². The molecule has 0 radical (unpaired) electrons. The van der Waals surface area contributed by atoms with Crippen LogP contribution in [0.4, 0.5) is 5.82 Å². The van der Waals surface area contributed by atoms with Gasteiger partial charge < -0.3 is 10.8 Å². The fourth-order valence-electron chi connectivity index (χ4n) is 0.649. The van der Waals surface area contributed by atoms with Crippen LogP contribution in [0.3, 0.4) is 0 Å². The summed E-state index contributed by atoms with van der Waals surface area (Å²) in [6.45, 7) is 0. The fourth-order valence-corrected chi connectivity index (χ4v) is 0.800. The molecule has 1 aromatic rings. The topological polar surface area (TPSA) is 92.0 Å². The van der Waals surface area contributed by atoms with Gasteiger partial charge in [-0.15, -0.1) is 0 Å². The average Bonchev–Trinajstić information content (AvgIpc) is 2.18. The highest BCUT2D eigenvalue weighted by molar-refractivity contribution is 6.33. The van der Waals surface area contributed by atoms with Crippen LogP contribution in [-0.2, 0) is 11.2 Å². The number of aromatic nitrogens is 2. The van der Waals surface area contributed by atoms with Crippen molar-refractivity contribution in [3.8, 4) is 0 Å². The lowest BCUT2D eigenvalue weighted by atomic mass is 10.3. The van der Waals surface area contributed by atoms with E-state index in [0.29, 0.717) is 5.69 Å². The summed E-state index contributed by atoms with van der Waals surface area (Å²) in [5.74, 6) is -0.849. The number of carbonyl (C=O) groups is 1. The Morgan fingerprint density at radius 2 is 2.45 bits per heavy atom. The molecule has 0 aliphatic heterocycles. The number of H-pyrrole nitrogens is 1. The summed E-state index contributed by atoms with van der Waals surface area (Å²) in [5.41, 5.74) is 5.58. The molecule has 1 heterocycles. The van der Waals surface area contributed by atoms with E-state index >= 15 is 0 Å². The third kappa shape index (κ3) is 1.62. The van der Waals surface area contributed by atoms with Crippen molar-refractivity contribution < 1.29 is 9.90 Å². The number of halogens is 1. The lowest BCUT2D eigenvalue weighted by Gasteiger charge is -1.90. The first-order valence-electron chi connectivity index (χ1n) is 2.81. The second kappa shape index (κ2) is 2.79. The van der Waals surface area contributed by atoms with E-state index in [2.05, 4.69) is 10.2 Å². The summed E-state index contributed by atoms with van der Waals surface area (Å²) in [4.78, 5) is 10.2. The van der Waals surface area contributed by atoms with Crippen LogP contribution >= 0.6 is 11.6 Å². The van der Waals surface area contributed by atoms with Crippen LogP contribution < -0.4 is 5.73 Å². The van der Waals surface area contributed by atoms with Gasteiger partial charge in [0.2, 0.25) is 0 Å². The summed E-state index contributed by atoms with van der Waals surface area (Å²) in [6, 6.07) is 0. The quantitative estimate of drug-likeness (QED) is 0.602. The Kier molecular flexibility index (Phi) is 2.00. The first-order valence-corrected chi connectivity index (χ1v) is 3.19. The van der Waals surface area contributed by atoms with Gasteiger partial charge in [-0.05, 0) is 0 Å². The average molecular weight is 176 g/mol. The van der Waals surface area contributed by atoms with Crippen molar-refractivity contribution in [1.82, 2.24) is 10.2 Å². The van der Waals surface area contributed by atoms with Crippen molar-refractivity contribution >= 4 is 23.4 Å². The van der Waals surface area contributed by atoms with Crippen LogP contribution in [0.5, 0.6) is 0 Å². The molecule has 4 N–H and O–H groups in total. The highest BCUT2D eigenvalue weighted by Crippen LogP contribution is 2.19. The molecule has 60 valence electrons. The van der Waals surface area contributed by atoms with Gasteiger partial charge in [-0.3, -0.25) is 9.89 Å². The van der Waals surface area contributed by atoms with Crippen molar-refractivity contribution in [3.05, 3.63) is 10.7 Å². The molecule has 0 aliphatic rings. The fraction of sp³-hybridized carbons (Fsp3) is 0.200. The van der Waals surface area contributed by atoms with Crippen molar-refractivity contribution in [3.63, 3.8) is 0 Å². The van der Waals surface area contributed by atoms with Gasteiger partial charge in [-0.25, -0.2) is 0 Å². The monoisotopic (exact) mass is 175 g/mol. The maximum absolute atomic E-state index is 10.2. The summed E-state index contributed by atoms with van der Waals surface area (Å²) in [6.07, 6.45) is -0.191. The van der Waals surface area contributed by atoms with E-state index in [-0.39, 0.29) is 17.3 Å². The molecule has 0 amide bonds. The van der Waals surface area contributed by atoms with Gasteiger partial charge in [0, 0.05) is 0 Å². The van der Waals surface area contributed by atoms with Gasteiger partial charge in [0.25, 0.3) is 0 Å². The number of carboxylic acids is 1. The highest BCUT2D eigenvalue weighted by Gasteiger charge is 2.10. The number of hydrogen-bond acceptors (Lipinski definition) is 3. The predicted molar refractivity (Wildman–Crippen MR) is 39.3 cm³/mol. The van der Waals surface area contributed by atoms with Crippen LogP contribution in [0.2, 0.25) is 5.02 Å². The van der Waals surface area contributed by atoms with E-state index in [9.17, 15) is 4.79 Å². The van der Waals surface area contributed by atoms with Crippen LogP contribution in [-0.4, -0.2) is 21.3 Å². The van der Waals surface area contributed by atoms with Crippen LogP contribution in [0.15, 0.2) is 0 Å². The lowest BCUT2D eigenvalue weighted by molar-refractivity contribution is -0.136. The summed E-state index contributed by atoms with van der Waals surface area (Å²) in [5, 5.41) is 14.5. The zero-order valence-electron chi connectivity index (χ0n) is 5.47. The molecule has 11 heavy (non-hydrogen) atoms. The Hall–Kier alpha value is -1.23. The molecule has 0 unspecified atom stereocenters. The third-order valence-electron chi connectivity index (χ3n) is 1.13. The number of anilines is 1. The summed E-state index contributed by atoms with van der Waals surface area (Å²) in [7, 11) is 0. The van der Waals surface area contributed by atoms with Crippen molar-refractivity contribution in [2.45, 2.75) is 6.42 Å². The normalized spacial score (nSPS) is 9.91. The molecule has 0 aliphatic carbocycles. The van der Waals surface area contributed by atoms with E-state index < -0.39 is 5.97 Å². The van der Waals surface area contributed by atoms with E-state index in [0.717, 1.165) is 0 Å².